The van der Waals surface area contributed by atoms with Gasteiger partial charge in [-0.05, 0) is 32.0 Å². The zero-order chi connectivity index (χ0) is 13.8. The number of aryl methyl sites for hydroxylation is 2. The highest BCUT2D eigenvalue weighted by Gasteiger charge is 2.07. The van der Waals surface area contributed by atoms with Gasteiger partial charge in [-0.2, -0.15) is 10.4 Å². The van der Waals surface area contributed by atoms with Gasteiger partial charge in [-0.3, -0.25) is 0 Å². The number of rotatable bonds is 4. The molecule has 2 rings (SSSR count). The summed E-state index contributed by atoms with van der Waals surface area (Å²) in [5.74, 6) is 1.45. The van der Waals surface area contributed by atoms with E-state index in [1.807, 2.05) is 44.0 Å². The first-order valence-corrected chi connectivity index (χ1v) is 6.07. The number of aromatic nitrogens is 4. The lowest BCUT2D eigenvalue weighted by Crippen LogP contribution is -2.20. The number of nitrogens with zero attached hydrogens (tertiary/aromatic N) is 6. The van der Waals surface area contributed by atoms with Gasteiger partial charge in [0.2, 0.25) is 0 Å². The Bertz CT molecular complexity index is 593. The van der Waals surface area contributed by atoms with E-state index in [4.69, 9.17) is 5.26 Å². The van der Waals surface area contributed by atoms with E-state index in [9.17, 15) is 0 Å². The summed E-state index contributed by atoms with van der Waals surface area (Å²) in [7, 11) is 1.89. The third-order valence-corrected chi connectivity index (χ3v) is 2.81. The molecule has 0 aliphatic rings. The minimum Gasteiger partial charge on any atom is -0.357 e. The molecule has 98 valence electrons. The molecule has 6 heteroatoms. The van der Waals surface area contributed by atoms with Crippen LogP contribution in [-0.4, -0.2) is 33.6 Å². The maximum atomic E-state index is 8.56. The standard InChI is InChI=1S/C13H16N6/c1-10-9-11(2)19(17-10)13-6-5-12(15-16-13)18(3)8-4-7-14/h5-6,9H,4,8H2,1-3H3. The molecular weight excluding hydrogens is 240 g/mol. The van der Waals surface area contributed by atoms with E-state index in [2.05, 4.69) is 21.4 Å². The van der Waals surface area contributed by atoms with E-state index in [0.29, 0.717) is 18.8 Å². The fourth-order valence-electron chi connectivity index (χ4n) is 1.83. The highest BCUT2D eigenvalue weighted by Crippen LogP contribution is 2.12. The first-order valence-electron chi connectivity index (χ1n) is 6.07. The van der Waals surface area contributed by atoms with Crippen LogP contribution in [0.5, 0.6) is 0 Å². The molecule has 0 radical (unpaired) electrons. The number of hydrogen-bond acceptors (Lipinski definition) is 5. The van der Waals surface area contributed by atoms with Gasteiger partial charge in [-0.1, -0.05) is 0 Å². The van der Waals surface area contributed by atoms with Crippen molar-refractivity contribution in [1.29, 1.82) is 5.26 Å². The first kappa shape index (κ1) is 13.0. The van der Waals surface area contributed by atoms with E-state index in [1.54, 1.807) is 4.68 Å². The van der Waals surface area contributed by atoms with Crippen molar-refractivity contribution >= 4 is 5.82 Å². The van der Waals surface area contributed by atoms with E-state index >= 15 is 0 Å². The molecule has 0 N–H and O–H groups in total. The fraction of sp³-hybridized carbons (Fsp3) is 0.385. The van der Waals surface area contributed by atoms with Crippen LogP contribution in [0.3, 0.4) is 0 Å². The van der Waals surface area contributed by atoms with Crippen LogP contribution in [0.4, 0.5) is 5.82 Å². The highest BCUT2D eigenvalue weighted by molar-refractivity contribution is 5.39. The normalized spacial score (nSPS) is 10.2. The van der Waals surface area contributed by atoms with Crippen LogP contribution in [0.2, 0.25) is 0 Å². The third-order valence-electron chi connectivity index (χ3n) is 2.81. The second-order valence-corrected chi connectivity index (χ2v) is 4.42. The monoisotopic (exact) mass is 256 g/mol. The molecule has 2 aromatic heterocycles. The molecule has 0 amide bonds. The van der Waals surface area contributed by atoms with Gasteiger partial charge >= 0.3 is 0 Å². The van der Waals surface area contributed by atoms with Crippen molar-refractivity contribution in [3.05, 3.63) is 29.6 Å². The van der Waals surface area contributed by atoms with Gasteiger partial charge in [0.25, 0.3) is 0 Å². The van der Waals surface area contributed by atoms with Crippen molar-refractivity contribution in [1.82, 2.24) is 20.0 Å². The Labute approximate surface area is 112 Å². The van der Waals surface area contributed by atoms with Crippen molar-refractivity contribution in [3.8, 4) is 11.9 Å². The molecule has 0 unspecified atom stereocenters. The second kappa shape index (κ2) is 5.48. The molecule has 0 atom stereocenters. The van der Waals surface area contributed by atoms with Crippen LogP contribution in [0.25, 0.3) is 5.82 Å². The molecule has 2 heterocycles. The third kappa shape index (κ3) is 2.88. The molecule has 0 saturated heterocycles. The summed E-state index contributed by atoms with van der Waals surface area (Å²) in [5, 5.41) is 21.3. The number of anilines is 1. The molecule has 0 bridgehead atoms. The van der Waals surface area contributed by atoms with Crippen molar-refractivity contribution in [2.75, 3.05) is 18.5 Å². The molecule has 0 aliphatic carbocycles. The number of hydrogen-bond donors (Lipinski definition) is 0. The summed E-state index contributed by atoms with van der Waals surface area (Å²) in [4.78, 5) is 1.90. The Hall–Kier alpha value is -2.42. The molecule has 2 aromatic rings. The zero-order valence-electron chi connectivity index (χ0n) is 11.3. The Kier molecular flexibility index (Phi) is 3.76. The minimum absolute atomic E-state index is 0.470. The quantitative estimate of drug-likeness (QED) is 0.831. The van der Waals surface area contributed by atoms with E-state index < -0.39 is 0 Å². The van der Waals surface area contributed by atoms with Crippen LogP contribution in [0.1, 0.15) is 17.8 Å². The van der Waals surface area contributed by atoms with E-state index in [-0.39, 0.29) is 0 Å². The molecule has 0 saturated carbocycles. The topological polar surface area (TPSA) is 70.6 Å². The largest absolute Gasteiger partial charge is 0.357 e. The van der Waals surface area contributed by atoms with Gasteiger partial charge < -0.3 is 4.90 Å². The summed E-state index contributed by atoms with van der Waals surface area (Å²) in [6, 6.07) is 7.87. The Morgan fingerprint density at radius 3 is 2.63 bits per heavy atom. The lowest BCUT2D eigenvalue weighted by molar-refractivity contribution is 0.772. The molecule has 0 spiro atoms. The van der Waals surface area contributed by atoms with Gasteiger partial charge in [0.1, 0.15) is 0 Å². The molecule has 6 nitrogen and oxygen atoms in total. The van der Waals surface area contributed by atoms with Crippen LogP contribution >= 0.6 is 0 Å². The predicted octanol–water partition coefficient (Wildman–Crippen LogP) is 1.63. The second-order valence-electron chi connectivity index (χ2n) is 4.42. The Morgan fingerprint density at radius 1 is 1.32 bits per heavy atom. The summed E-state index contributed by atoms with van der Waals surface area (Å²) >= 11 is 0. The average Bonchev–Trinajstić information content (AvgIpc) is 2.75. The van der Waals surface area contributed by atoms with Crippen molar-refractivity contribution in [2.24, 2.45) is 0 Å². The molecule has 19 heavy (non-hydrogen) atoms. The van der Waals surface area contributed by atoms with Crippen molar-refractivity contribution in [2.45, 2.75) is 20.3 Å². The zero-order valence-corrected chi connectivity index (χ0v) is 11.3. The lowest BCUT2D eigenvalue weighted by atomic mass is 10.4. The van der Waals surface area contributed by atoms with Gasteiger partial charge in [0.05, 0.1) is 18.2 Å². The summed E-state index contributed by atoms with van der Waals surface area (Å²) in [5.41, 5.74) is 1.98. The number of nitriles is 1. The van der Waals surface area contributed by atoms with Crippen LogP contribution < -0.4 is 4.90 Å². The Balaban J connectivity index is 2.19. The maximum absolute atomic E-state index is 8.56. The summed E-state index contributed by atoms with van der Waals surface area (Å²) in [6.07, 6.45) is 0.470. The van der Waals surface area contributed by atoms with Crippen LogP contribution in [0.15, 0.2) is 18.2 Å². The molecule has 0 aromatic carbocycles. The van der Waals surface area contributed by atoms with Gasteiger partial charge in [0, 0.05) is 19.3 Å². The lowest BCUT2D eigenvalue weighted by Gasteiger charge is -2.15. The van der Waals surface area contributed by atoms with Gasteiger partial charge in [-0.25, -0.2) is 4.68 Å². The summed E-state index contributed by atoms with van der Waals surface area (Å²) < 4.78 is 1.77. The molecule has 0 aliphatic heterocycles. The minimum atomic E-state index is 0.470. The van der Waals surface area contributed by atoms with Crippen molar-refractivity contribution in [3.63, 3.8) is 0 Å². The predicted molar refractivity (Wildman–Crippen MR) is 72.1 cm³/mol. The smallest absolute Gasteiger partial charge is 0.176 e. The maximum Gasteiger partial charge on any atom is 0.176 e. The molecule has 0 fully saturated rings. The van der Waals surface area contributed by atoms with Crippen molar-refractivity contribution < 1.29 is 0 Å². The van der Waals surface area contributed by atoms with E-state index in [1.165, 1.54) is 0 Å². The SMILES string of the molecule is Cc1cc(C)n(-c2ccc(N(C)CCC#N)nn2)n1. The summed E-state index contributed by atoms with van der Waals surface area (Å²) in [6.45, 7) is 4.57. The molecular formula is C13H16N6. The first-order chi connectivity index (χ1) is 9.11. The van der Waals surface area contributed by atoms with Gasteiger partial charge in [-0.15, -0.1) is 10.2 Å². The Morgan fingerprint density at radius 2 is 2.11 bits per heavy atom. The highest BCUT2D eigenvalue weighted by atomic mass is 15.4. The van der Waals surface area contributed by atoms with E-state index in [0.717, 1.165) is 17.2 Å². The van der Waals surface area contributed by atoms with Crippen LogP contribution in [0, 0.1) is 25.2 Å². The van der Waals surface area contributed by atoms with Gasteiger partial charge in [0.15, 0.2) is 11.6 Å². The fourth-order valence-corrected chi connectivity index (χ4v) is 1.83. The van der Waals surface area contributed by atoms with Crippen LogP contribution in [-0.2, 0) is 0 Å². The average molecular weight is 256 g/mol.